The van der Waals surface area contributed by atoms with Crippen molar-refractivity contribution in [1.29, 1.82) is 0 Å². The minimum atomic E-state index is 0.0715. The van der Waals surface area contributed by atoms with Crippen LogP contribution in [0, 0.1) is 13.8 Å². The molecule has 1 fully saturated rings. The molecule has 112 valence electrons. The highest BCUT2D eigenvalue weighted by Crippen LogP contribution is 2.25. The van der Waals surface area contributed by atoms with Crippen molar-refractivity contribution in [3.05, 3.63) is 23.0 Å². The van der Waals surface area contributed by atoms with E-state index in [2.05, 4.69) is 17.2 Å². The Balaban J connectivity index is 2.14. The van der Waals surface area contributed by atoms with Crippen molar-refractivity contribution in [2.75, 3.05) is 34.0 Å². The van der Waals surface area contributed by atoms with Gasteiger partial charge in [0.05, 0.1) is 33.0 Å². The molecule has 0 aromatic carbocycles. The summed E-state index contributed by atoms with van der Waals surface area (Å²) in [5, 5.41) is 3.31. The van der Waals surface area contributed by atoms with Gasteiger partial charge in [-0.2, -0.15) is 0 Å². The van der Waals surface area contributed by atoms with Gasteiger partial charge in [-0.15, -0.1) is 0 Å². The maximum absolute atomic E-state index is 5.78. The van der Waals surface area contributed by atoms with Crippen LogP contribution >= 0.6 is 0 Å². The van der Waals surface area contributed by atoms with Gasteiger partial charge in [-0.3, -0.25) is 4.98 Å². The quantitative estimate of drug-likeness (QED) is 0.880. The zero-order valence-electron chi connectivity index (χ0n) is 12.7. The Morgan fingerprint density at radius 2 is 2.25 bits per heavy atom. The smallest absolute Gasteiger partial charge is 0.128 e. The molecule has 0 radical (unpaired) electrons. The Kier molecular flexibility index (Phi) is 5.34. The first-order valence-electron chi connectivity index (χ1n) is 7.03. The first-order valence-corrected chi connectivity index (χ1v) is 7.03. The molecule has 5 heteroatoms. The van der Waals surface area contributed by atoms with E-state index in [1.807, 2.05) is 20.2 Å². The van der Waals surface area contributed by atoms with Crippen LogP contribution in [0.1, 0.15) is 16.8 Å². The van der Waals surface area contributed by atoms with Gasteiger partial charge < -0.3 is 19.5 Å². The molecular formula is C15H24N2O3. The maximum atomic E-state index is 5.78. The number of hydrogen-bond donors (Lipinski definition) is 1. The lowest BCUT2D eigenvalue weighted by Gasteiger charge is -2.30. The fraction of sp³-hybridized carbons (Fsp3) is 0.667. The average Bonchev–Trinajstić information content (AvgIpc) is 2.48. The molecule has 5 nitrogen and oxygen atoms in total. The van der Waals surface area contributed by atoms with Crippen LogP contribution in [0.25, 0.3) is 0 Å². The number of aryl methyl sites for hydroxylation is 1. The number of nitrogens with one attached hydrogen (secondary N) is 1. The van der Waals surface area contributed by atoms with Crippen LogP contribution in [-0.2, 0) is 15.9 Å². The fourth-order valence-electron chi connectivity index (χ4n) is 2.64. The van der Waals surface area contributed by atoms with Crippen LogP contribution in [0.2, 0.25) is 0 Å². The topological polar surface area (TPSA) is 52.6 Å². The summed E-state index contributed by atoms with van der Waals surface area (Å²) < 4.78 is 16.7. The van der Waals surface area contributed by atoms with E-state index in [-0.39, 0.29) is 12.1 Å². The van der Waals surface area contributed by atoms with Crippen LogP contribution in [0.4, 0.5) is 0 Å². The van der Waals surface area contributed by atoms with Crippen LogP contribution in [-0.4, -0.2) is 51.1 Å². The van der Waals surface area contributed by atoms with Crippen molar-refractivity contribution in [3.63, 3.8) is 0 Å². The second kappa shape index (κ2) is 7.02. The van der Waals surface area contributed by atoms with Crippen LogP contribution in [0.5, 0.6) is 5.75 Å². The van der Waals surface area contributed by atoms with Crippen molar-refractivity contribution >= 4 is 0 Å². The number of likely N-dealkylation sites (N-methyl/N-ethyl adjacent to an activating group) is 1. The normalized spacial score (nSPS) is 20.7. The molecule has 0 bridgehead atoms. The lowest BCUT2D eigenvalue weighted by atomic mass is 10.0. The van der Waals surface area contributed by atoms with Gasteiger partial charge in [-0.25, -0.2) is 0 Å². The van der Waals surface area contributed by atoms with Gasteiger partial charge in [0.1, 0.15) is 5.75 Å². The van der Waals surface area contributed by atoms with Crippen molar-refractivity contribution in [2.24, 2.45) is 0 Å². The molecule has 0 amide bonds. The molecule has 2 unspecified atom stereocenters. The number of methoxy groups -OCH3 is 1. The monoisotopic (exact) mass is 280 g/mol. The van der Waals surface area contributed by atoms with Gasteiger partial charge in [-0.1, -0.05) is 0 Å². The first-order chi connectivity index (χ1) is 9.67. The Bertz CT molecular complexity index is 445. The summed E-state index contributed by atoms with van der Waals surface area (Å²) in [6.45, 7) is 6.04. The second-order valence-electron chi connectivity index (χ2n) is 5.13. The average molecular weight is 280 g/mol. The third kappa shape index (κ3) is 3.29. The largest absolute Gasteiger partial charge is 0.496 e. The van der Waals surface area contributed by atoms with Gasteiger partial charge >= 0.3 is 0 Å². The molecular weight excluding hydrogens is 256 g/mol. The fourth-order valence-corrected chi connectivity index (χ4v) is 2.64. The molecule has 1 aromatic heterocycles. The zero-order chi connectivity index (χ0) is 14.5. The molecule has 1 aliphatic heterocycles. The third-order valence-corrected chi connectivity index (χ3v) is 3.82. The lowest BCUT2D eigenvalue weighted by molar-refractivity contribution is -0.100. The predicted molar refractivity (Wildman–Crippen MR) is 77.4 cm³/mol. The molecule has 2 rings (SSSR count). The summed E-state index contributed by atoms with van der Waals surface area (Å²) in [5.41, 5.74) is 3.21. The lowest BCUT2D eigenvalue weighted by Crippen LogP contribution is -2.46. The van der Waals surface area contributed by atoms with Crippen LogP contribution in [0.15, 0.2) is 6.20 Å². The summed E-state index contributed by atoms with van der Waals surface area (Å²) in [7, 11) is 3.65. The molecule has 1 saturated heterocycles. The van der Waals surface area contributed by atoms with Crippen molar-refractivity contribution < 1.29 is 14.2 Å². The Morgan fingerprint density at radius 1 is 1.45 bits per heavy atom. The number of pyridine rings is 1. The SMILES string of the molecule is CNC(Cc1ncc(C)c(OC)c1C)C1COCCO1. The van der Waals surface area contributed by atoms with Gasteiger partial charge in [0, 0.05) is 35.5 Å². The Morgan fingerprint density at radius 3 is 2.85 bits per heavy atom. The molecule has 20 heavy (non-hydrogen) atoms. The highest BCUT2D eigenvalue weighted by molar-refractivity contribution is 5.41. The summed E-state index contributed by atoms with van der Waals surface area (Å²) in [5.74, 6) is 0.922. The number of hydrogen-bond acceptors (Lipinski definition) is 5. The van der Waals surface area contributed by atoms with Gasteiger partial charge in [0.15, 0.2) is 0 Å². The van der Waals surface area contributed by atoms with Gasteiger partial charge in [0.25, 0.3) is 0 Å². The molecule has 0 aliphatic carbocycles. The van der Waals surface area contributed by atoms with Crippen molar-refractivity contribution in [2.45, 2.75) is 32.4 Å². The van der Waals surface area contributed by atoms with E-state index in [9.17, 15) is 0 Å². The molecule has 2 heterocycles. The summed E-state index contributed by atoms with van der Waals surface area (Å²) in [6, 6.07) is 0.189. The first kappa shape index (κ1) is 15.2. The minimum Gasteiger partial charge on any atom is -0.496 e. The Labute approximate surface area is 120 Å². The summed E-state index contributed by atoms with van der Waals surface area (Å²) in [6.07, 6.45) is 2.74. The maximum Gasteiger partial charge on any atom is 0.128 e. The van der Waals surface area contributed by atoms with Crippen LogP contribution < -0.4 is 10.1 Å². The third-order valence-electron chi connectivity index (χ3n) is 3.82. The predicted octanol–water partition coefficient (Wildman–Crippen LogP) is 1.25. The highest BCUT2D eigenvalue weighted by atomic mass is 16.6. The molecule has 1 aromatic rings. The molecule has 1 aliphatic rings. The van der Waals surface area contributed by atoms with Crippen molar-refractivity contribution in [3.8, 4) is 5.75 Å². The number of nitrogens with zero attached hydrogens (tertiary/aromatic N) is 1. The van der Waals surface area contributed by atoms with E-state index in [1.54, 1.807) is 7.11 Å². The van der Waals surface area contributed by atoms with E-state index in [0.717, 1.165) is 29.0 Å². The second-order valence-corrected chi connectivity index (χ2v) is 5.13. The van der Waals surface area contributed by atoms with Gasteiger partial charge in [-0.05, 0) is 20.9 Å². The van der Waals surface area contributed by atoms with Gasteiger partial charge in [0.2, 0.25) is 0 Å². The number of ether oxygens (including phenoxy) is 3. The van der Waals surface area contributed by atoms with E-state index >= 15 is 0 Å². The highest BCUT2D eigenvalue weighted by Gasteiger charge is 2.25. The molecule has 0 spiro atoms. The van der Waals surface area contributed by atoms with E-state index in [0.29, 0.717) is 19.8 Å². The number of aromatic nitrogens is 1. The Hall–Kier alpha value is -1.17. The molecule has 2 atom stereocenters. The zero-order valence-corrected chi connectivity index (χ0v) is 12.7. The number of rotatable bonds is 5. The van der Waals surface area contributed by atoms with E-state index < -0.39 is 0 Å². The summed E-state index contributed by atoms with van der Waals surface area (Å²) in [4.78, 5) is 4.55. The van der Waals surface area contributed by atoms with E-state index in [1.165, 1.54) is 0 Å². The summed E-state index contributed by atoms with van der Waals surface area (Å²) >= 11 is 0. The van der Waals surface area contributed by atoms with E-state index in [4.69, 9.17) is 14.2 Å². The minimum absolute atomic E-state index is 0.0715. The molecule has 0 saturated carbocycles. The standard InChI is InChI=1S/C15H24N2O3/c1-10-8-17-12(11(2)15(10)18-4)7-13(16-3)14-9-19-5-6-20-14/h8,13-14,16H,5-7,9H2,1-4H3. The van der Waals surface area contributed by atoms with Crippen molar-refractivity contribution in [1.82, 2.24) is 10.3 Å². The van der Waals surface area contributed by atoms with Crippen LogP contribution in [0.3, 0.4) is 0 Å². The molecule has 1 N–H and O–H groups in total.